The molecule has 26 heavy (non-hydrogen) atoms. The first-order chi connectivity index (χ1) is 12.7. The van der Waals surface area contributed by atoms with E-state index in [0.29, 0.717) is 17.0 Å². The van der Waals surface area contributed by atoms with Gasteiger partial charge in [0.05, 0.1) is 11.8 Å². The van der Waals surface area contributed by atoms with Crippen molar-refractivity contribution in [2.75, 3.05) is 4.90 Å². The molecule has 0 saturated carbocycles. The van der Waals surface area contributed by atoms with E-state index < -0.39 is 17.7 Å². The summed E-state index contributed by atoms with van der Waals surface area (Å²) in [6, 6.07) is 14.5. The molecule has 0 spiro atoms. The summed E-state index contributed by atoms with van der Waals surface area (Å²) in [6.07, 6.45) is 4.47. The van der Waals surface area contributed by atoms with Crippen LogP contribution in [-0.4, -0.2) is 21.8 Å². The summed E-state index contributed by atoms with van der Waals surface area (Å²) in [5.41, 5.74) is 0.937. The van der Waals surface area contributed by atoms with Crippen molar-refractivity contribution in [1.82, 2.24) is 4.98 Å². The normalized spacial score (nSPS) is 19.1. The SMILES string of the molecule is O=C1C(=O)N(c2ccccc2)C(c2ccco2)/C1=C(/O)c1ccncc1. The minimum Gasteiger partial charge on any atom is -0.507 e. The van der Waals surface area contributed by atoms with Crippen LogP contribution >= 0.6 is 0 Å². The number of ketones is 1. The van der Waals surface area contributed by atoms with Crippen molar-refractivity contribution >= 4 is 23.1 Å². The Morgan fingerprint density at radius 3 is 2.38 bits per heavy atom. The monoisotopic (exact) mass is 346 g/mol. The van der Waals surface area contributed by atoms with E-state index in [2.05, 4.69) is 4.98 Å². The van der Waals surface area contributed by atoms with Gasteiger partial charge in [0.2, 0.25) is 0 Å². The number of nitrogens with zero attached hydrogens (tertiary/aromatic N) is 2. The molecule has 2 aromatic heterocycles. The molecule has 6 heteroatoms. The minimum absolute atomic E-state index is 0.0139. The van der Waals surface area contributed by atoms with Crippen LogP contribution in [0, 0.1) is 0 Å². The second-order valence-electron chi connectivity index (χ2n) is 5.76. The van der Waals surface area contributed by atoms with Crippen LogP contribution in [0.3, 0.4) is 0 Å². The number of amides is 1. The van der Waals surface area contributed by atoms with Gasteiger partial charge in [0.25, 0.3) is 11.7 Å². The first-order valence-electron chi connectivity index (χ1n) is 7.98. The molecule has 1 aromatic carbocycles. The summed E-state index contributed by atoms with van der Waals surface area (Å²) in [5, 5.41) is 10.8. The molecule has 0 bridgehead atoms. The van der Waals surface area contributed by atoms with E-state index in [-0.39, 0.29) is 11.3 Å². The topological polar surface area (TPSA) is 83.6 Å². The van der Waals surface area contributed by atoms with Crippen LogP contribution in [0.15, 0.2) is 83.2 Å². The number of anilines is 1. The molecule has 1 unspecified atom stereocenters. The number of carbonyl (C=O) groups is 2. The second-order valence-corrected chi connectivity index (χ2v) is 5.76. The Balaban J connectivity index is 1.94. The molecule has 1 amide bonds. The molecule has 4 rings (SSSR count). The van der Waals surface area contributed by atoms with Crippen LogP contribution in [-0.2, 0) is 9.59 Å². The molecule has 1 fully saturated rings. The van der Waals surface area contributed by atoms with Crippen molar-refractivity contribution in [3.63, 3.8) is 0 Å². The highest BCUT2D eigenvalue weighted by molar-refractivity contribution is 6.51. The number of pyridine rings is 1. The summed E-state index contributed by atoms with van der Waals surface area (Å²) < 4.78 is 5.48. The molecule has 0 radical (unpaired) electrons. The van der Waals surface area contributed by atoms with Gasteiger partial charge in [-0.25, -0.2) is 0 Å². The molecule has 3 heterocycles. The molecule has 128 valence electrons. The number of aliphatic hydroxyl groups excluding tert-OH is 1. The number of hydrogen-bond acceptors (Lipinski definition) is 5. The van der Waals surface area contributed by atoms with E-state index >= 15 is 0 Å². The van der Waals surface area contributed by atoms with Crippen LogP contribution < -0.4 is 4.90 Å². The fourth-order valence-electron chi connectivity index (χ4n) is 3.07. The fraction of sp³-hybridized carbons (Fsp3) is 0.0500. The maximum absolute atomic E-state index is 12.7. The average molecular weight is 346 g/mol. The molecular weight excluding hydrogens is 332 g/mol. The Morgan fingerprint density at radius 2 is 1.73 bits per heavy atom. The number of hydrogen-bond donors (Lipinski definition) is 1. The zero-order valence-electron chi connectivity index (χ0n) is 13.6. The summed E-state index contributed by atoms with van der Waals surface area (Å²) >= 11 is 0. The van der Waals surface area contributed by atoms with Crippen molar-refractivity contribution in [2.24, 2.45) is 0 Å². The molecule has 6 nitrogen and oxygen atoms in total. The molecule has 1 aliphatic heterocycles. The Hall–Kier alpha value is -3.67. The maximum atomic E-state index is 12.7. The Kier molecular flexibility index (Phi) is 3.85. The quantitative estimate of drug-likeness (QED) is 0.447. The van der Waals surface area contributed by atoms with Gasteiger partial charge in [-0.15, -0.1) is 0 Å². The van der Waals surface area contributed by atoms with Crippen molar-refractivity contribution in [2.45, 2.75) is 6.04 Å². The van der Waals surface area contributed by atoms with Gasteiger partial charge in [-0.2, -0.15) is 0 Å². The van der Waals surface area contributed by atoms with Gasteiger partial charge >= 0.3 is 0 Å². The van der Waals surface area contributed by atoms with Gasteiger partial charge in [0.1, 0.15) is 17.6 Å². The van der Waals surface area contributed by atoms with Crippen LogP contribution in [0.2, 0.25) is 0 Å². The lowest BCUT2D eigenvalue weighted by Crippen LogP contribution is -2.29. The molecule has 1 N–H and O–H groups in total. The first-order valence-corrected chi connectivity index (χ1v) is 7.98. The van der Waals surface area contributed by atoms with Crippen LogP contribution in [0.1, 0.15) is 17.4 Å². The van der Waals surface area contributed by atoms with E-state index in [9.17, 15) is 14.7 Å². The largest absolute Gasteiger partial charge is 0.507 e. The van der Waals surface area contributed by atoms with E-state index in [0.717, 1.165) is 0 Å². The third-order valence-corrected chi connectivity index (χ3v) is 4.25. The van der Waals surface area contributed by atoms with Crippen molar-refractivity contribution < 1.29 is 19.1 Å². The standard InChI is InChI=1S/C20H14N2O4/c23-18(13-8-10-21-11-9-13)16-17(15-7-4-12-26-15)22(20(25)19(16)24)14-5-2-1-3-6-14/h1-12,17,23H/b18-16-. The van der Waals surface area contributed by atoms with Crippen LogP contribution in [0.5, 0.6) is 0 Å². The van der Waals surface area contributed by atoms with Crippen molar-refractivity contribution in [3.8, 4) is 0 Å². The third kappa shape index (κ3) is 2.48. The highest BCUT2D eigenvalue weighted by Gasteiger charge is 2.48. The summed E-state index contributed by atoms with van der Waals surface area (Å²) in [6.45, 7) is 0. The van der Waals surface area contributed by atoms with Crippen molar-refractivity contribution in [3.05, 3.63) is 90.2 Å². The first kappa shape index (κ1) is 15.8. The van der Waals surface area contributed by atoms with E-state index in [4.69, 9.17) is 4.42 Å². The molecule has 3 aromatic rings. The molecule has 1 saturated heterocycles. The van der Waals surface area contributed by atoms with E-state index in [1.807, 2.05) is 6.07 Å². The third-order valence-electron chi connectivity index (χ3n) is 4.25. The number of rotatable bonds is 3. The van der Waals surface area contributed by atoms with Gasteiger partial charge in [-0.3, -0.25) is 19.5 Å². The van der Waals surface area contributed by atoms with E-state index in [1.165, 1.54) is 23.6 Å². The number of furan rings is 1. The van der Waals surface area contributed by atoms with Gasteiger partial charge in [0, 0.05) is 23.6 Å². The number of aliphatic hydroxyl groups is 1. The maximum Gasteiger partial charge on any atom is 0.300 e. The lowest BCUT2D eigenvalue weighted by Gasteiger charge is -2.23. The summed E-state index contributed by atoms with van der Waals surface area (Å²) in [7, 11) is 0. The number of benzene rings is 1. The number of aromatic nitrogens is 1. The van der Waals surface area contributed by atoms with E-state index in [1.54, 1.807) is 48.5 Å². The summed E-state index contributed by atoms with van der Waals surface area (Å²) in [4.78, 5) is 30.7. The van der Waals surface area contributed by atoms with Gasteiger partial charge in [-0.1, -0.05) is 18.2 Å². The number of para-hydroxylation sites is 1. The highest BCUT2D eigenvalue weighted by Crippen LogP contribution is 2.41. The predicted molar refractivity (Wildman–Crippen MR) is 94.2 cm³/mol. The minimum atomic E-state index is -0.847. The van der Waals surface area contributed by atoms with Gasteiger partial charge in [-0.05, 0) is 36.4 Å². The lowest BCUT2D eigenvalue weighted by molar-refractivity contribution is -0.132. The molecule has 1 atom stereocenters. The highest BCUT2D eigenvalue weighted by atomic mass is 16.3. The lowest BCUT2D eigenvalue weighted by atomic mass is 9.99. The average Bonchev–Trinajstić information content (AvgIpc) is 3.30. The predicted octanol–water partition coefficient (Wildman–Crippen LogP) is 3.30. The Morgan fingerprint density at radius 1 is 1.00 bits per heavy atom. The zero-order chi connectivity index (χ0) is 18.1. The van der Waals surface area contributed by atoms with Gasteiger partial charge < -0.3 is 9.52 Å². The number of Topliss-reactive ketones (excluding diaryl/α,β-unsaturated/α-hetero) is 1. The fourth-order valence-corrected chi connectivity index (χ4v) is 3.07. The smallest absolute Gasteiger partial charge is 0.300 e. The van der Waals surface area contributed by atoms with Crippen LogP contribution in [0.25, 0.3) is 5.76 Å². The molecular formula is C20H14N2O4. The van der Waals surface area contributed by atoms with Gasteiger partial charge in [0.15, 0.2) is 0 Å². The summed E-state index contributed by atoms with van der Waals surface area (Å²) in [5.74, 6) is -1.34. The molecule has 1 aliphatic rings. The van der Waals surface area contributed by atoms with Crippen LogP contribution in [0.4, 0.5) is 5.69 Å². The Bertz CT molecular complexity index is 979. The Labute approximate surface area is 149 Å². The van der Waals surface area contributed by atoms with Crippen molar-refractivity contribution in [1.29, 1.82) is 0 Å². The zero-order valence-corrected chi connectivity index (χ0v) is 13.6. The molecule has 0 aliphatic carbocycles. The number of carbonyl (C=O) groups excluding carboxylic acids is 2. The second kappa shape index (κ2) is 6.33.